The molecule has 0 aliphatic carbocycles. The molecule has 2 rings (SSSR count). The summed E-state index contributed by atoms with van der Waals surface area (Å²) in [6.07, 6.45) is 3.79. The standard InChI is InChI=1S/C11H17N3O4S/c1-8(2)13-6-10(12-7-13)19(17,18)14-5-3-4-9(14)11(15)16/h6-9H,3-5H2,1-2H3,(H,15,16). The van der Waals surface area contributed by atoms with Crippen LogP contribution in [0.15, 0.2) is 17.6 Å². The zero-order valence-corrected chi connectivity index (χ0v) is 11.7. The monoisotopic (exact) mass is 287 g/mol. The number of rotatable bonds is 4. The molecule has 0 radical (unpaired) electrons. The predicted molar refractivity (Wildman–Crippen MR) is 67.2 cm³/mol. The third-order valence-corrected chi connectivity index (χ3v) is 5.03. The van der Waals surface area contributed by atoms with Crippen molar-refractivity contribution in [3.8, 4) is 0 Å². The number of aliphatic carboxylic acids is 1. The number of imidazole rings is 1. The first-order valence-electron chi connectivity index (χ1n) is 6.12. The van der Waals surface area contributed by atoms with Crippen molar-refractivity contribution in [3.63, 3.8) is 0 Å². The maximum atomic E-state index is 12.4. The molecular weight excluding hydrogens is 270 g/mol. The second-order valence-corrected chi connectivity index (χ2v) is 6.70. The minimum absolute atomic E-state index is 0.0886. The summed E-state index contributed by atoms with van der Waals surface area (Å²) in [7, 11) is -3.83. The summed E-state index contributed by atoms with van der Waals surface area (Å²) in [6, 6.07) is -0.875. The molecule has 1 saturated heterocycles. The lowest BCUT2D eigenvalue weighted by Crippen LogP contribution is -2.40. The molecule has 1 fully saturated rings. The van der Waals surface area contributed by atoms with Crippen LogP contribution in [0.25, 0.3) is 0 Å². The van der Waals surface area contributed by atoms with Crippen molar-refractivity contribution in [1.29, 1.82) is 0 Å². The molecule has 8 heteroatoms. The molecule has 1 aliphatic heterocycles. The Labute approximate surface area is 111 Å². The lowest BCUT2D eigenvalue weighted by molar-refractivity contribution is -0.140. The second kappa shape index (κ2) is 4.93. The average molecular weight is 287 g/mol. The summed E-state index contributed by atoms with van der Waals surface area (Å²) >= 11 is 0. The van der Waals surface area contributed by atoms with Crippen LogP contribution in [0.3, 0.4) is 0 Å². The highest BCUT2D eigenvalue weighted by atomic mass is 32.2. The fourth-order valence-electron chi connectivity index (χ4n) is 2.13. The van der Waals surface area contributed by atoms with Gasteiger partial charge in [0.2, 0.25) is 0 Å². The van der Waals surface area contributed by atoms with Gasteiger partial charge in [0.25, 0.3) is 10.0 Å². The van der Waals surface area contributed by atoms with E-state index in [1.165, 1.54) is 12.5 Å². The van der Waals surface area contributed by atoms with Crippen LogP contribution in [-0.2, 0) is 14.8 Å². The van der Waals surface area contributed by atoms with E-state index in [0.717, 1.165) is 4.31 Å². The molecule has 1 aliphatic rings. The fraction of sp³-hybridized carbons (Fsp3) is 0.636. The summed E-state index contributed by atoms with van der Waals surface area (Å²) in [5.74, 6) is -1.11. The number of hydrogen-bond donors (Lipinski definition) is 1. The number of sulfonamides is 1. The molecule has 1 atom stereocenters. The maximum absolute atomic E-state index is 12.4. The van der Waals surface area contributed by atoms with Crippen molar-refractivity contribution in [3.05, 3.63) is 12.5 Å². The van der Waals surface area contributed by atoms with Crippen LogP contribution in [-0.4, -0.2) is 45.9 Å². The molecule has 0 saturated carbocycles. The van der Waals surface area contributed by atoms with Crippen LogP contribution in [0, 0.1) is 0 Å². The van der Waals surface area contributed by atoms with Crippen molar-refractivity contribution in [2.24, 2.45) is 0 Å². The first kappa shape index (κ1) is 14.0. The van der Waals surface area contributed by atoms with Crippen LogP contribution < -0.4 is 0 Å². The van der Waals surface area contributed by atoms with Crippen molar-refractivity contribution < 1.29 is 18.3 Å². The fourth-order valence-corrected chi connectivity index (χ4v) is 3.70. The van der Waals surface area contributed by atoms with E-state index in [-0.39, 0.29) is 17.6 Å². The topological polar surface area (TPSA) is 92.5 Å². The largest absolute Gasteiger partial charge is 0.480 e. The van der Waals surface area contributed by atoms with Crippen LogP contribution in [0.5, 0.6) is 0 Å². The van der Waals surface area contributed by atoms with Crippen molar-refractivity contribution >= 4 is 16.0 Å². The van der Waals surface area contributed by atoms with Crippen LogP contribution >= 0.6 is 0 Å². The smallest absolute Gasteiger partial charge is 0.322 e. The van der Waals surface area contributed by atoms with Gasteiger partial charge >= 0.3 is 5.97 Å². The molecule has 0 aromatic carbocycles. The minimum atomic E-state index is -3.83. The molecule has 1 N–H and O–H groups in total. The van der Waals surface area contributed by atoms with Gasteiger partial charge in [0.15, 0.2) is 5.03 Å². The van der Waals surface area contributed by atoms with E-state index in [4.69, 9.17) is 5.11 Å². The van der Waals surface area contributed by atoms with E-state index in [2.05, 4.69) is 4.98 Å². The van der Waals surface area contributed by atoms with E-state index in [1.54, 1.807) is 4.57 Å². The predicted octanol–water partition coefficient (Wildman–Crippen LogP) is 0.702. The Bertz CT molecular complexity index is 579. The molecule has 1 aromatic rings. The van der Waals surface area contributed by atoms with E-state index in [9.17, 15) is 13.2 Å². The Kier molecular flexibility index (Phi) is 3.64. The molecule has 2 heterocycles. The van der Waals surface area contributed by atoms with Crippen molar-refractivity contribution in [1.82, 2.24) is 13.9 Å². The first-order chi connectivity index (χ1) is 8.84. The number of hydrogen-bond acceptors (Lipinski definition) is 4. The molecule has 0 bridgehead atoms. The Morgan fingerprint density at radius 1 is 1.53 bits per heavy atom. The number of carboxylic acid groups (broad SMARTS) is 1. The van der Waals surface area contributed by atoms with E-state index >= 15 is 0 Å². The summed E-state index contributed by atoms with van der Waals surface area (Å²) < 4.78 is 27.5. The SMILES string of the molecule is CC(C)n1cnc(S(=O)(=O)N2CCCC2C(=O)O)c1. The lowest BCUT2D eigenvalue weighted by Gasteiger charge is -2.19. The van der Waals surface area contributed by atoms with Crippen LogP contribution in [0.4, 0.5) is 0 Å². The van der Waals surface area contributed by atoms with Gasteiger partial charge in [-0.25, -0.2) is 13.4 Å². The highest BCUT2D eigenvalue weighted by molar-refractivity contribution is 7.89. The molecule has 106 valence electrons. The summed E-state index contributed by atoms with van der Waals surface area (Å²) in [5, 5.41) is 8.97. The van der Waals surface area contributed by atoms with Crippen molar-refractivity contribution in [2.75, 3.05) is 6.54 Å². The van der Waals surface area contributed by atoms with E-state index < -0.39 is 22.0 Å². The Balaban J connectivity index is 2.33. The van der Waals surface area contributed by atoms with Crippen molar-refractivity contribution in [2.45, 2.75) is 43.8 Å². The molecular formula is C11H17N3O4S. The zero-order valence-electron chi connectivity index (χ0n) is 10.9. The second-order valence-electron chi connectivity index (χ2n) is 4.86. The van der Waals surface area contributed by atoms with Gasteiger partial charge in [-0.15, -0.1) is 0 Å². The highest BCUT2D eigenvalue weighted by Crippen LogP contribution is 2.25. The minimum Gasteiger partial charge on any atom is -0.480 e. The van der Waals surface area contributed by atoms with Gasteiger partial charge in [0.1, 0.15) is 6.04 Å². The number of aromatic nitrogens is 2. The Morgan fingerprint density at radius 3 is 2.74 bits per heavy atom. The van der Waals surface area contributed by atoms with Gasteiger partial charge in [0.05, 0.1) is 6.33 Å². The third kappa shape index (κ3) is 2.50. The molecule has 1 aromatic heterocycles. The van der Waals surface area contributed by atoms with Gasteiger partial charge in [-0.3, -0.25) is 4.79 Å². The van der Waals surface area contributed by atoms with Gasteiger partial charge in [-0.1, -0.05) is 0 Å². The van der Waals surface area contributed by atoms with Gasteiger partial charge in [-0.05, 0) is 26.7 Å². The highest BCUT2D eigenvalue weighted by Gasteiger charge is 2.40. The summed E-state index contributed by atoms with van der Waals surface area (Å²) in [4.78, 5) is 15.0. The Hall–Kier alpha value is -1.41. The lowest BCUT2D eigenvalue weighted by atomic mass is 10.2. The number of carboxylic acids is 1. The van der Waals surface area contributed by atoms with Gasteiger partial charge in [-0.2, -0.15) is 4.31 Å². The zero-order chi connectivity index (χ0) is 14.2. The van der Waals surface area contributed by atoms with Gasteiger partial charge in [0, 0.05) is 18.8 Å². The normalized spacial score (nSPS) is 21.1. The average Bonchev–Trinajstić information content (AvgIpc) is 2.98. The van der Waals surface area contributed by atoms with Gasteiger partial charge < -0.3 is 9.67 Å². The molecule has 7 nitrogen and oxygen atoms in total. The first-order valence-corrected chi connectivity index (χ1v) is 7.56. The molecule has 1 unspecified atom stereocenters. The Morgan fingerprint density at radius 2 is 2.21 bits per heavy atom. The molecule has 19 heavy (non-hydrogen) atoms. The maximum Gasteiger partial charge on any atom is 0.322 e. The number of nitrogens with zero attached hydrogens (tertiary/aromatic N) is 3. The van der Waals surface area contributed by atoms with Crippen LogP contribution in [0.2, 0.25) is 0 Å². The quantitative estimate of drug-likeness (QED) is 0.880. The van der Waals surface area contributed by atoms with E-state index in [0.29, 0.717) is 12.8 Å². The number of carbonyl (C=O) groups is 1. The third-order valence-electron chi connectivity index (χ3n) is 3.24. The van der Waals surface area contributed by atoms with E-state index in [1.807, 2.05) is 13.8 Å². The summed E-state index contributed by atoms with van der Waals surface area (Å²) in [5.41, 5.74) is 0. The summed E-state index contributed by atoms with van der Waals surface area (Å²) in [6.45, 7) is 4.05. The molecule has 0 amide bonds. The molecule has 0 spiro atoms. The van der Waals surface area contributed by atoms with Crippen LogP contribution in [0.1, 0.15) is 32.7 Å².